The Bertz CT molecular complexity index is 270. The van der Waals surface area contributed by atoms with Crippen LogP contribution in [0.15, 0.2) is 0 Å². The zero-order valence-electron chi connectivity index (χ0n) is 9.09. The molecule has 0 amide bonds. The Labute approximate surface area is 94.6 Å². The molecule has 0 aromatic carbocycles. The maximum atomic E-state index is 12.8. The second-order valence-electron chi connectivity index (χ2n) is 2.80. The van der Waals surface area contributed by atoms with Gasteiger partial charge in [-0.05, 0) is 13.8 Å². The van der Waals surface area contributed by atoms with E-state index >= 15 is 0 Å². The van der Waals surface area contributed by atoms with Gasteiger partial charge in [-0.3, -0.25) is 9.05 Å². The topological polar surface area (TPSA) is 44.8 Å². The Kier molecular flexibility index (Phi) is 6.00. The SMILES string of the molecule is CCOP(=O)(OCC)OC(F)(F)CC(F)(F)F. The highest BCUT2D eigenvalue weighted by Crippen LogP contribution is 2.54. The van der Waals surface area contributed by atoms with Crippen molar-refractivity contribution in [2.75, 3.05) is 13.2 Å². The molecule has 10 heteroatoms. The fourth-order valence-electron chi connectivity index (χ4n) is 0.835. The van der Waals surface area contributed by atoms with Gasteiger partial charge < -0.3 is 0 Å². The molecule has 0 aliphatic carbocycles. The van der Waals surface area contributed by atoms with Crippen LogP contribution in [0.1, 0.15) is 20.3 Å². The highest BCUT2D eigenvalue weighted by molar-refractivity contribution is 7.48. The third-order valence-electron chi connectivity index (χ3n) is 1.23. The lowest BCUT2D eigenvalue weighted by Crippen LogP contribution is -2.28. The fraction of sp³-hybridized carbons (Fsp3) is 1.00. The summed E-state index contributed by atoms with van der Waals surface area (Å²) < 4.78 is 84.4. The highest BCUT2D eigenvalue weighted by atomic mass is 31.2. The summed E-state index contributed by atoms with van der Waals surface area (Å²) >= 11 is 0. The molecule has 0 rings (SSSR count). The second kappa shape index (κ2) is 6.08. The zero-order chi connectivity index (χ0) is 13.7. The van der Waals surface area contributed by atoms with E-state index in [0.29, 0.717) is 0 Å². The van der Waals surface area contributed by atoms with Crippen molar-refractivity contribution >= 4 is 7.82 Å². The van der Waals surface area contributed by atoms with Crippen molar-refractivity contribution in [1.29, 1.82) is 0 Å². The molecular weight excluding hydrogens is 274 g/mol. The molecule has 0 aliphatic heterocycles. The van der Waals surface area contributed by atoms with Crippen LogP contribution in [-0.4, -0.2) is 25.5 Å². The molecule has 0 heterocycles. The summed E-state index contributed by atoms with van der Waals surface area (Å²) in [5.74, 6) is 0. The van der Waals surface area contributed by atoms with Crippen LogP contribution in [0, 0.1) is 0 Å². The third kappa shape index (κ3) is 7.64. The first-order chi connectivity index (χ1) is 7.54. The van der Waals surface area contributed by atoms with Crippen LogP contribution in [0.5, 0.6) is 0 Å². The number of phosphoric ester groups is 1. The van der Waals surface area contributed by atoms with Gasteiger partial charge in [-0.25, -0.2) is 9.09 Å². The summed E-state index contributed by atoms with van der Waals surface area (Å²) in [5.41, 5.74) is 0. The van der Waals surface area contributed by atoms with Crippen LogP contribution in [0.2, 0.25) is 0 Å². The molecular formula is C7H12F5O4P. The molecule has 0 aliphatic rings. The van der Waals surface area contributed by atoms with Gasteiger partial charge in [0, 0.05) is 0 Å². The summed E-state index contributed by atoms with van der Waals surface area (Å²) in [6, 6.07) is 0. The van der Waals surface area contributed by atoms with Gasteiger partial charge >= 0.3 is 20.1 Å². The molecule has 0 fully saturated rings. The number of phosphoric acid groups is 1. The molecule has 0 aromatic rings. The Morgan fingerprint density at radius 1 is 1.00 bits per heavy atom. The Morgan fingerprint density at radius 2 is 1.41 bits per heavy atom. The minimum atomic E-state index is -5.16. The molecule has 0 bridgehead atoms. The molecule has 104 valence electrons. The summed E-state index contributed by atoms with van der Waals surface area (Å²) in [4.78, 5) is 0. The zero-order valence-corrected chi connectivity index (χ0v) is 9.99. The molecule has 0 radical (unpaired) electrons. The second-order valence-corrected chi connectivity index (χ2v) is 4.40. The van der Waals surface area contributed by atoms with E-state index in [1.54, 1.807) is 0 Å². The summed E-state index contributed by atoms with van der Waals surface area (Å²) in [5, 5.41) is 0. The number of rotatable bonds is 7. The van der Waals surface area contributed by atoms with Crippen LogP contribution in [0.3, 0.4) is 0 Å². The Balaban J connectivity index is 4.69. The van der Waals surface area contributed by atoms with E-state index in [1.807, 2.05) is 0 Å². The van der Waals surface area contributed by atoms with Gasteiger partial charge in [-0.1, -0.05) is 0 Å². The van der Waals surface area contributed by atoms with Crippen LogP contribution in [-0.2, 0) is 18.1 Å². The predicted octanol–water partition coefficient (Wildman–Crippen LogP) is 3.73. The summed E-state index contributed by atoms with van der Waals surface area (Å²) in [6.45, 7) is 1.99. The third-order valence-corrected chi connectivity index (χ3v) is 2.87. The number of hydrogen-bond donors (Lipinski definition) is 0. The lowest BCUT2D eigenvalue weighted by atomic mass is 10.4. The Morgan fingerprint density at radius 3 is 1.71 bits per heavy atom. The molecule has 0 saturated heterocycles. The quantitative estimate of drug-likeness (QED) is 0.528. The van der Waals surface area contributed by atoms with Gasteiger partial charge in [-0.15, -0.1) is 0 Å². The number of hydrogen-bond acceptors (Lipinski definition) is 4. The molecule has 0 atom stereocenters. The van der Waals surface area contributed by atoms with Crippen molar-refractivity contribution in [3.63, 3.8) is 0 Å². The molecule has 0 unspecified atom stereocenters. The minimum Gasteiger partial charge on any atom is -0.287 e. The van der Waals surface area contributed by atoms with Crippen LogP contribution in [0.25, 0.3) is 0 Å². The van der Waals surface area contributed by atoms with Crippen molar-refractivity contribution in [3.05, 3.63) is 0 Å². The number of alkyl halides is 5. The molecule has 0 N–H and O–H groups in total. The molecule has 4 nitrogen and oxygen atoms in total. The van der Waals surface area contributed by atoms with Crippen molar-refractivity contribution in [2.45, 2.75) is 32.6 Å². The molecule has 0 aromatic heterocycles. The summed E-state index contributed by atoms with van der Waals surface area (Å²) in [6.07, 6.45) is -12.4. The van der Waals surface area contributed by atoms with Gasteiger partial charge in [-0.2, -0.15) is 22.0 Å². The lowest BCUT2D eigenvalue weighted by Gasteiger charge is -2.23. The number of halogens is 5. The first kappa shape index (κ1) is 16.8. The maximum absolute atomic E-state index is 12.8. The largest absolute Gasteiger partial charge is 0.479 e. The van der Waals surface area contributed by atoms with E-state index in [0.717, 1.165) is 0 Å². The minimum absolute atomic E-state index is 0.306. The predicted molar refractivity (Wildman–Crippen MR) is 47.6 cm³/mol. The van der Waals surface area contributed by atoms with E-state index in [2.05, 4.69) is 13.6 Å². The highest BCUT2D eigenvalue weighted by Gasteiger charge is 2.50. The first-order valence-electron chi connectivity index (χ1n) is 4.58. The molecule has 0 spiro atoms. The van der Waals surface area contributed by atoms with Gasteiger partial charge in [0.2, 0.25) is 0 Å². The van der Waals surface area contributed by atoms with Crippen LogP contribution >= 0.6 is 7.82 Å². The van der Waals surface area contributed by atoms with Crippen molar-refractivity contribution in [1.82, 2.24) is 0 Å². The molecule has 17 heavy (non-hydrogen) atoms. The van der Waals surface area contributed by atoms with Crippen molar-refractivity contribution < 1.29 is 40.1 Å². The summed E-state index contributed by atoms with van der Waals surface area (Å²) in [7, 11) is -4.68. The van der Waals surface area contributed by atoms with Crippen molar-refractivity contribution in [2.24, 2.45) is 0 Å². The lowest BCUT2D eigenvalue weighted by molar-refractivity contribution is -0.261. The first-order valence-corrected chi connectivity index (χ1v) is 6.04. The monoisotopic (exact) mass is 286 g/mol. The van der Waals surface area contributed by atoms with E-state index in [-0.39, 0.29) is 13.2 Å². The van der Waals surface area contributed by atoms with Crippen LogP contribution in [0.4, 0.5) is 22.0 Å². The molecule has 0 saturated carbocycles. The standard InChI is InChI=1S/C7H12F5O4P/c1-3-14-17(13,15-4-2)16-7(11,12)5-6(8,9)10/h3-5H2,1-2H3. The maximum Gasteiger partial charge on any atom is 0.479 e. The fourth-order valence-corrected chi connectivity index (χ4v) is 2.04. The van der Waals surface area contributed by atoms with Gasteiger partial charge in [0.25, 0.3) is 0 Å². The van der Waals surface area contributed by atoms with Gasteiger partial charge in [0.1, 0.15) is 6.42 Å². The Hall–Kier alpha value is -0.240. The average Bonchev–Trinajstić information content (AvgIpc) is 1.96. The van der Waals surface area contributed by atoms with Crippen molar-refractivity contribution in [3.8, 4) is 0 Å². The average molecular weight is 286 g/mol. The van der Waals surface area contributed by atoms with Gasteiger partial charge in [0.05, 0.1) is 13.2 Å². The van der Waals surface area contributed by atoms with E-state index in [1.165, 1.54) is 13.8 Å². The normalized spacial score (nSPS) is 14.1. The van der Waals surface area contributed by atoms with Gasteiger partial charge in [0.15, 0.2) is 0 Å². The van der Waals surface area contributed by atoms with E-state index in [4.69, 9.17) is 0 Å². The van der Waals surface area contributed by atoms with E-state index in [9.17, 15) is 26.5 Å². The smallest absolute Gasteiger partial charge is 0.287 e. The van der Waals surface area contributed by atoms with Crippen LogP contribution < -0.4 is 0 Å². The van der Waals surface area contributed by atoms with E-state index < -0.39 is 26.5 Å².